The van der Waals surface area contributed by atoms with Gasteiger partial charge in [-0.15, -0.1) is 0 Å². The number of halogens is 1. The van der Waals surface area contributed by atoms with Gasteiger partial charge in [0, 0.05) is 25.5 Å². The fourth-order valence-corrected chi connectivity index (χ4v) is 1.96. The van der Waals surface area contributed by atoms with E-state index < -0.39 is 10.2 Å². The topological polar surface area (TPSA) is 49.4 Å². The number of nitrogens with one attached hydrogen (secondary N) is 1. The summed E-state index contributed by atoms with van der Waals surface area (Å²) in [5.41, 5.74) is 0. The summed E-state index contributed by atoms with van der Waals surface area (Å²) in [6.07, 6.45) is 1.81. The summed E-state index contributed by atoms with van der Waals surface area (Å²) in [5, 5.41) is 0.904. The molecule has 1 unspecified atom stereocenters. The highest BCUT2D eigenvalue weighted by atomic mass is 79.9. The highest BCUT2D eigenvalue weighted by Crippen LogP contribution is 2.01. The Morgan fingerprint density at radius 2 is 2.00 bits per heavy atom. The summed E-state index contributed by atoms with van der Waals surface area (Å²) in [5.74, 6) is 0. The van der Waals surface area contributed by atoms with Crippen LogP contribution in [0.1, 0.15) is 19.8 Å². The molecule has 0 saturated carbocycles. The van der Waals surface area contributed by atoms with E-state index in [2.05, 4.69) is 20.7 Å². The maximum Gasteiger partial charge on any atom is 0.279 e. The van der Waals surface area contributed by atoms with E-state index in [0.717, 1.165) is 18.2 Å². The Labute approximate surface area is 89.0 Å². The average Bonchev–Trinajstić information content (AvgIpc) is 1.99. The Balaban J connectivity index is 3.98. The van der Waals surface area contributed by atoms with Crippen LogP contribution >= 0.6 is 15.9 Å². The standard InChI is InChI=1S/C7H17BrN2O2S/c1-7(5-4-6-8)9-13(11,12)10(2)3/h7,9H,4-6H2,1-3H3. The zero-order valence-electron chi connectivity index (χ0n) is 8.25. The van der Waals surface area contributed by atoms with Crippen LogP contribution in [0, 0.1) is 0 Å². The molecule has 1 N–H and O–H groups in total. The molecule has 0 spiro atoms. The minimum Gasteiger partial charge on any atom is -0.199 e. The van der Waals surface area contributed by atoms with E-state index in [1.165, 1.54) is 18.4 Å². The van der Waals surface area contributed by atoms with Crippen LogP contribution in [0.25, 0.3) is 0 Å². The first-order valence-electron chi connectivity index (χ1n) is 4.16. The molecule has 13 heavy (non-hydrogen) atoms. The van der Waals surface area contributed by atoms with Gasteiger partial charge in [-0.1, -0.05) is 15.9 Å². The van der Waals surface area contributed by atoms with E-state index in [1.807, 2.05) is 6.92 Å². The van der Waals surface area contributed by atoms with Crippen LogP contribution in [0.2, 0.25) is 0 Å². The molecule has 0 saturated heterocycles. The largest absolute Gasteiger partial charge is 0.279 e. The normalized spacial score (nSPS) is 14.8. The first-order chi connectivity index (χ1) is 5.90. The van der Waals surface area contributed by atoms with E-state index in [-0.39, 0.29) is 6.04 Å². The van der Waals surface area contributed by atoms with Gasteiger partial charge in [0.15, 0.2) is 0 Å². The quantitative estimate of drug-likeness (QED) is 0.732. The van der Waals surface area contributed by atoms with Crippen LogP contribution in [-0.2, 0) is 10.2 Å². The predicted molar refractivity (Wildman–Crippen MR) is 58.2 cm³/mol. The van der Waals surface area contributed by atoms with Gasteiger partial charge in [0.05, 0.1) is 0 Å². The fraction of sp³-hybridized carbons (Fsp3) is 1.00. The van der Waals surface area contributed by atoms with Crippen molar-refractivity contribution in [3.8, 4) is 0 Å². The molecule has 0 radical (unpaired) electrons. The molecule has 80 valence electrons. The van der Waals surface area contributed by atoms with E-state index in [1.54, 1.807) is 0 Å². The summed E-state index contributed by atoms with van der Waals surface area (Å²) >= 11 is 3.30. The second-order valence-electron chi connectivity index (χ2n) is 3.14. The number of hydrogen-bond donors (Lipinski definition) is 1. The zero-order chi connectivity index (χ0) is 10.5. The first kappa shape index (κ1) is 13.4. The SMILES string of the molecule is CC(CCCBr)NS(=O)(=O)N(C)C. The summed E-state index contributed by atoms with van der Waals surface area (Å²) in [6, 6.07) is -0.00931. The number of hydrogen-bond acceptors (Lipinski definition) is 2. The van der Waals surface area contributed by atoms with Gasteiger partial charge in [-0.3, -0.25) is 0 Å². The lowest BCUT2D eigenvalue weighted by molar-refractivity contribution is 0.484. The Kier molecular flexibility index (Phi) is 6.11. The lowest BCUT2D eigenvalue weighted by Crippen LogP contribution is -2.40. The Morgan fingerprint density at radius 3 is 2.38 bits per heavy atom. The second kappa shape index (κ2) is 5.95. The lowest BCUT2D eigenvalue weighted by atomic mass is 10.2. The third kappa shape index (κ3) is 5.61. The van der Waals surface area contributed by atoms with Gasteiger partial charge in [0.25, 0.3) is 10.2 Å². The third-order valence-electron chi connectivity index (χ3n) is 1.60. The third-order valence-corrected chi connectivity index (χ3v) is 3.82. The maximum absolute atomic E-state index is 11.3. The van der Waals surface area contributed by atoms with Crippen LogP contribution < -0.4 is 4.72 Å². The van der Waals surface area contributed by atoms with Crippen molar-refractivity contribution in [1.29, 1.82) is 0 Å². The van der Waals surface area contributed by atoms with Crippen molar-refractivity contribution >= 4 is 26.1 Å². The molecule has 0 rings (SSSR count). The highest BCUT2D eigenvalue weighted by Gasteiger charge is 2.15. The van der Waals surface area contributed by atoms with Gasteiger partial charge >= 0.3 is 0 Å². The van der Waals surface area contributed by atoms with Crippen LogP contribution in [-0.4, -0.2) is 38.2 Å². The maximum atomic E-state index is 11.3. The Hall–Kier alpha value is 0.350. The molecular weight excluding hydrogens is 256 g/mol. The summed E-state index contributed by atoms with van der Waals surface area (Å²) in [6.45, 7) is 1.86. The molecule has 4 nitrogen and oxygen atoms in total. The summed E-state index contributed by atoms with van der Waals surface area (Å²) < 4.78 is 26.4. The summed E-state index contributed by atoms with van der Waals surface area (Å²) in [4.78, 5) is 0. The second-order valence-corrected chi connectivity index (χ2v) is 5.85. The molecule has 0 aliphatic heterocycles. The monoisotopic (exact) mass is 272 g/mol. The Morgan fingerprint density at radius 1 is 1.46 bits per heavy atom. The van der Waals surface area contributed by atoms with Gasteiger partial charge in [0.1, 0.15) is 0 Å². The molecule has 0 aromatic carbocycles. The molecule has 0 amide bonds. The minimum atomic E-state index is -3.26. The average molecular weight is 273 g/mol. The van der Waals surface area contributed by atoms with Crippen molar-refractivity contribution in [3.05, 3.63) is 0 Å². The van der Waals surface area contributed by atoms with Crippen molar-refractivity contribution in [2.75, 3.05) is 19.4 Å². The van der Waals surface area contributed by atoms with Gasteiger partial charge in [-0.25, -0.2) is 0 Å². The van der Waals surface area contributed by atoms with Crippen LogP contribution in [0.5, 0.6) is 0 Å². The van der Waals surface area contributed by atoms with E-state index in [9.17, 15) is 8.42 Å². The van der Waals surface area contributed by atoms with E-state index in [4.69, 9.17) is 0 Å². The molecule has 0 aromatic rings. The lowest BCUT2D eigenvalue weighted by Gasteiger charge is -2.17. The van der Waals surface area contributed by atoms with Crippen LogP contribution in [0.4, 0.5) is 0 Å². The van der Waals surface area contributed by atoms with Crippen molar-refractivity contribution in [2.45, 2.75) is 25.8 Å². The molecule has 0 bridgehead atoms. The van der Waals surface area contributed by atoms with Crippen LogP contribution in [0.3, 0.4) is 0 Å². The van der Waals surface area contributed by atoms with Gasteiger partial charge in [-0.05, 0) is 19.8 Å². The van der Waals surface area contributed by atoms with E-state index >= 15 is 0 Å². The molecular formula is C7H17BrN2O2S. The molecule has 1 atom stereocenters. The Bertz CT molecular complexity index is 229. The highest BCUT2D eigenvalue weighted by molar-refractivity contribution is 9.09. The smallest absolute Gasteiger partial charge is 0.199 e. The first-order valence-corrected chi connectivity index (χ1v) is 6.72. The van der Waals surface area contributed by atoms with Gasteiger partial charge in [-0.2, -0.15) is 17.4 Å². The molecule has 0 aromatic heterocycles. The van der Waals surface area contributed by atoms with Crippen molar-refractivity contribution < 1.29 is 8.42 Å². The molecule has 6 heteroatoms. The number of nitrogens with zero attached hydrogens (tertiary/aromatic N) is 1. The van der Waals surface area contributed by atoms with Crippen molar-refractivity contribution in [3.63, 3.8) is 0 Å². The van der Waals surface area contributed by atoms with E-state index in [0.29, 0.717) is 0 Å². The van der Waals surface area contributed by atoms with Crippen molar-refractivity contribution in [2.24, 2.45) is 0 Å². The fourth-order valence-electron chi connectivity index (χ4n) is 0.802. The van der Waals surface area contributed by atoms with Gasteiger partial charge < -0.3 is 0 Å². The zero-order valence-corrected chi connectivity index (χ0v) is 10.7. The molecule has 0 aliphatic rings. The molecule has 0 fully saturated rings. The minimum absolute atomic E-state index is 0.00931. The van der Waals surface area contributed by atoms with Crippen molar-refractivity contribution in [1.82, 2.24) is 9.03 Å². The van der Waals surface area contributed by atoms with Crippen LogP contribution in [0.15, 0.2) is 0 Å². The number of rotatable bonds is 6. The summed E-state index contributed by atoms with van der Waals surface area (Å²) in [7, 11) is -0.233. The predicted octanol–water partition coefficient (Wildman–Crippen LogP) is 0.946. The van der Waals surface area contributed by atoms with Gasteiger partial charge in [0.2, 0.25) is 0 Å². The molecule has 0 heterocycles. The number of alkyl halides is 1. The molecule has 0 aliphatic carbocycles.